The molecule has 0 spiro atoms. The van der Waals surface area contributed by atoms with Gasteiger partial charge in [0.25, 0.3) is 0 Å². The summed E-state index contributed by atoms with van der Waals surface area (Å²) in [5, 5.41) is 2.67. The molecule has 1 aromatic heterocycles. The molecule has 0 saturated carbocycles. The third kappa shape index (κ3) is 4.70. The Hall–Kier alpha value is -3.13. The minimum absolute atomic E-state index is 0.207. The second-order valence-corrected chi connectivity index (χ2v) is 6.49. The van der Waals surface area contributed by atoms with Crippen LogP contribution in [0.25, 0.3) is 6.08 Å². The SMILES string of the molecule is CC1(C)Cc2cccc(OCC#CCNC(=O)/C=C/c3ccco3)c2O1. The van der Waals surface area contributed by atoms with Crippen LogP contribution in [0.15, 0.2) is 47.1 Å². The van der Waals surface area contributed by atoms with E-state index in [1.807, 2.05) is 18.2 Å². The molecule has 1 aliphatic heterocycles. The summed E-state index contributed by atoms with van der Waals surface area (Å²) >= 11 is 0. The van der Waals surface area contributed by atoms with Crippen LogP contribution >= 0.6 is 0 Å². The van der Waals surface area contributed by atoms with Crippen molar-refractivity contribution in [3.8, 4) is 23.3 Å². The van der Waals surface area contributed by atoms with Crippen LogP contribution in [0, 0.1) is 11.8 Å². The third-order valence-electron chi connectivity index (χ3n) is 3.77. The van der Waals surface area contributed by atoms with E-state index in [9.17, 15) is 4.79 Å². The van der Waals surface area contributed by atoms with E-state index in [-0.39, 0.29) is 24.7 Å². The molecule has 2 heterocycles. The Balaban J connectivity index is 1.43. The predicted octanol–water partition coefficient (Wildman–Crippen LogP) is 3.20. The monoisotopic (exact) mass is 351 g/mol. The first-order chi connectivity index (χ1) is 12.5. The molecule has 0 radical (unpaired) electrons. The van der Waals surface area contributed by atoms with Gasteiger partial charge in [0, 0.05) is 18.1 Å². The van der Waals surface area contributed by atoms with Crippen LogP contribution in [-0.2, 0) is 11.2 Å². The van der Waals surface area contributed by atoms with E-state index in [1.165, 1.54) is 6.08 Å². The lowest BCUT2D eigenvalue weighted by atomic mass is 10.0. The highest BCUT2D eigenvalue weighted by Crippen LogP contribution is 2.41. The van der Waals surface area contributed by atoms with Crippen LogP contribution in [0.4, 0.5) is 0 Å². The van der Waals surface area contributed by atoms with Crippen LogP contribution in [0.1, 0.15) is 25.2 Å². The summed E-state index contributed by atoms with van der Waals surface area (Å²) < 4.78 is 16.8. The first-order valence-electron chi connectivity index (χ1n) is 8.42. The van der Waals surface area contributed by atoms with Gasteiger partial charge in [0.15, 0.2) is 11.5 Å². The van der Waals surface area contributed by atoms with Crippen molar-refractivity contribution in [2.24, 2.45) is 0 Å². The van der Waals surface area contributed by atoms with Gasteiger partial charge in [-0.1, -0.05) is 24.0 Å². The number of benzene rings is 1. The van der Waals surface area contributed by atoms with Gasteiger partial charge >= 0.3 is 0 Å². The predicted molar refractivity (Wildman–Crippen MR) is 98.9 cm³/mol. The van der Waals surface area contributed by atoms with Gasteiger partial charge in [0.2, 0.25) is 5.91 Å². The number of fused-ring (bicyclic) bond motifs is 1. The maximum absolute atomic E-state index is 11.6. The van der Waals surface area contributed by atoms with Gasteiger partial charge < -0.3 is 19.2 Å². The average Bonchev–Trinajstić information content (AvgIpc) is 3.22. The Labute approximate surface area is 153 Å². The molecule has 26 heavy (non-hydrogen) atoms. The number of hydrogen-bond acceptors (Lipinski definition) is 4. The number of carbonyl (C=O) groups excluding carboxylic acids is 1. The molecule has 1 aliphatic rings. The van der Waals surface area contributed by atoms with Crippen LogP contribution in [0.3, 0.4) is 0 Å². The Morgan fingerprint density at radius 3 is 3.00 bits per heavy atom. The van der Waals surface area contributed by atoms with Gasteiger partial charge in [-0.3, -0.25) is 4.79 Å². The Morgan fingerprint density at radius 1 is 1.31 bits per heavy atom. The van der Waals surface area contributed by atoms with Gasteiger partial charge in [0.1, 0.15) is 18.0 Å². The number of para-hydroxylation sites is 1. The summed E-state index contributed by atoms with van der Waals surface area (Å²) in [6.45, 7) is 4.60. The van der Waals surface area contributed by atoms with Crippen molar-refractivity contribution in [2.45, 2.75) is 25.9 Å². The number of nitrogens with one attached hydrogen (secondary N) is 1. The maximum atomic E-state index is 11.6. The summed E-state index contributed by atoms with van der Waals surface area (Å²) in [6.07, 6.45) is 5.42. The van der Waals surface area contributed by atoms with Crippen LogP contribution in [0.2, 0.25) is 0 Å². The first-order valence-corrected chi connectivity index (χ1v) is 8.42. The zero-order valence-corrected chi connectivity index (χ0v) is 14.9. The van der Waals surface area contributed by atoms with E-state index in [1.54, 1.807) is 24.5 Å². The molecule has 5 nitrogen and oxygen atoms in total. The van der Waals surface area contributed by atoms with Crippen molar-refractivity contribution >= 4 is 12.0 Å². The van der Waals surface area contributed by atoms with Gasteiger partial charge in [-0.2, -0.15) is 0 Å². The lowest BCUT2D eigenvalue weighted by Gasteiger charge is -2.17. The molecule has 0 bridgehead atoms. The topological polar surface area (TPSA) is 60.7 Å². The molecule has 5 heteroatoms. The van der Waals surface area contributed by atoms with Crippen molar-refractivity contribution < 1.29 is 18.7 Å². The summed E-state index contributed by atoms with van der Waals surface area (Å²) in [5.74, 6) is 7.64. The Morgan fingerprint density at radius 2 is 2.19 bits per heavy atom. The maximum Gasteiger partial charge on any atom is 0.244 e. The van der Waals surface area contributed by atoms with Crippen LogP contribution in [-0.4, -0.2) is 24.7 Å². The van der Waals surface area contributed by atoms with E-state index in [0.717, 1.165) is 17.7 Å². The van der Waals surface area contributed by atoms with Crippen molar-refractivity contribution in [3.63, 3.8) is 0 Å². The summed E-state index contributed by atoms with van der Waals surface area (Å²) in [5.41, 5.74) is 0.942. The molecule has 134 valence electrons. The fraction of sp³-hybridized carbons (Fsp3) is 0.286. The molecule has 3 rings (SSSR count). The number of furan rings is 1. The van der Waals surface area contributed by atoms with Crippen LogP contribution < -0.4 is 14.8 Å². The van der Waals surface area contributed by atoms with Crippen molar-refractivity contribution in [1.29, 1.82) is 0 Å². The summed E-state index contributed by atoms with van der Waals surface area (Å²) in [7, 11) is 0. The summed E-state index contributed by atoms with van der Waals surface area (Å²) in [6, 6.07) is 9.42. The molecule has 0 fully saturated rings. The number of carbonyl (C=O) groups is 1. The van der Waals surface area contributed by atoms with E-state index >= 15 is 0 Å². The second-order valence-electron chi connectivity index (χ2n) is 6.49. The summed E-state index contributed by atoms with van der Waals surface area (Å²) in [4.78, 5) is 11.6. The smallest absolute Gasteiger partial charge is 0.244 e. The molecular weight excluding hydrogens is 330 g/mol. The lowest BCUT2D eigenvalue weighted by molar-refractivity contribution is -0.116. The molecule has 2 aromatic rings. The molecule has 0 aliphatic carbocycles. The van der Waals surface area contributed by atoms with Crippen LogP contribution in [0.5, 0.6) is 11.5 Å². The van der Waals surface area contributed by atoms with E-state index in [4.69, 9.17) is 13.9 Å². The Bertz CT molecular complexity index is 854. The highest BCUT2D eigenvalue weighted by Gasteiger charge is 2.32. The third-order valence-corrected chi connectivity index (χ3v) is 3.77. The van der Waals surface area contributed by atoms with E-state index in [2.05, 4.69) is 31.0 Å². The molecular formula is C21H21NO4. The molecule has 1 aromatic carbocycles. The van der Waals surface area contributed by atoms with Crippen molar-refractivity contribution in [3.05, 3.63) is 54.0 Å². The van der Waals surface area contributed by atoms with Gasteiger partial charge in [-0.25, -0.2) is 0 Å². The van der Waals surface area contributed by atoms with Crippen molar-refractivity contribution in [1.82, 2.24) is 5.32 Å². The first kappa shape index (κ1) is 17.7. The number of hydrogen-bond donors (Lipinski definition) is 1. The zero-order chi connectivity index (χ0) is 18.4. The average molecular weight is 351 g/mol. The largest absolute Gasteiger partial charge is 0.483 e. The lowest BCUT2D eigenvalue weighted by Crippen LogP contribution is -2.24. The molecule has 0 unspecified atom stereocenters. The highest BCUT2D eigenvalue weighted by molar-refractivity contribution is 5.91. The van der Waals surface area contributed by atoms with Gasteiger partial charge in [-0.05, 0) is 38.1 Å². The normalized spacial score (nSPS) is 14.2. The standard InChI is InChI=1S/C21H21NO4/c1-21(2)15-16-7-5-9-18(20(16)26-21)25-13-4-3-12-22-19(23)11-10-17-8-6-14-24-17/h5-11,14H,12-13,15H2,1-2H3,(H,22,23)/b11-10+. The Kier molecular flexibility index (Phi) is 5.33. The van der Waals surface area contributed by atoms with Crippen molar-refractivity contribution in [2.75, 3.05) is 13.2 Å². The van der Waals surface area contributed by atoms with E-state index < -0.39 is 0 Å². The molecule has 0 atom stereocenters. The number of rotatable bonds is 5. The second kappa shape index (κ2) is 7.83. The molecule has 1 amide bonds. The zero-order valence-electron chi connectivity index (χ0n) is 14.9. The number of ether oxygens (including phenoxy) is 2. The molecule has 0 saturated heterocycles. The fourth-order valence-electron chi connectivity index (χ4n) is 2.66. The minimum atomic E-state index is -0.229. The fourth-order valence-corrected chi connectivity index (χ4v) is 2.66. The number of amides is 1. The molecule has 1 N–H and O–H groups in total. The highest BCUT2D eigenvalue weighted by atomic mass is 16.5. The minimum Gasteiger partial charge on any atom is -0.483 e. The van der Waals surface area contributed by atoms with E-state index in [0.29, 0.717) is 11.5 Å². The van der Waals surface area contributed by atoms with Gasteiger partial charge in [-0.15, -0.1) is 0 Å². The van der Waals surface area contributed by atoms with Gasteiger partial charge in [0.05, 0.1) is 12.8 Å². The quantitative estimate of drug-likeness (QED) is 0.664.